The van der Waals surface area contributed by atoms with Gasteiger partial charge in [0.2, 0.25) is 5.91 Å². The Morgan fingerprint density at radius 2 is 1.68 bits per heavy atom. The van der Waals surface area contributed by atoms with Crippen molar-refractivity contribution in [3.8, 4) is 11.1 Å². The molecule has 2 aliphatic carbocycles. The molecule has 1 atom stereocenters. The molecule has 0 saturated heterocycles. The van der Waals surface area contributed by atoms with Crippen molar-refractivity contribution in [2.45, 2.75) is 37.6 Å². The number of aliphatic carboxylic acids is 1. The lowest BCUT2D eigenvalue weighted by molar-refractivity contribution is -0.143. The first-order valence-electron chi connectivity index (χ1n) is 11.6. The molecule has 0 spiro atoms. The number of fused-ring (bicyclic) bond motifs is 3. The van der Waals surface area contributed by atoms with Gasteiger partial charge in [0.25, 0.3) is 0 Å². The summed E-state index contributed by atoms with van der Waals surface area (Å²) in [6, 6.07) is 15.3. The molecule has 34 heavy (non-hydrogen) atoms. The normalized spacial score (nSPS) is 16.1. The van der Waals surface area contributed by atoms with Gasteiger partial charge in [0.1, 0.15) is 12.6 Å². The van der Waals surface area contributed by atoms with Crippen LogP contribution in [0.1, 0.15) is 42.7 Å². The van der Waals surface area contributed by atoms with Crippen molar-refractivity contribution >= 4 is 18.0 Å². The molecule has 1 unspecified atom stereocenters. The third-order valence-corrected chi connectivity index (χ3v) is 6.70. The molecular formula is C26H30N2O6. The van der Waals surface area contributed by atoms with E-state index in [-0.39, 0.29) is 19.1 Å². The van der Waals surface area contributed by atoms with Gasteiger partial charge in [-0.25, -0.2) is 4.79 Å². The van der Waals surface area contributed by atoms with Crippen LogP contribution < -0.4 is 10.6 Å². The van der Waals surface area contributed by atoms with Crippen LogP contribution in [0.25, 0.3) is 11.1 Å². The van der Waals surface area contributed by atoms with Gasteiger partial charge >= 0.3 is 12.1 Å². The van der Waals surface area contributed by atoms with Crippen LogP contribution in [0, 0.1) is 5.41 Å². The van der Waals surface area contributed by atoms with Crippen molar-refractivity contribution in [3.05, 3.63) is 59.7 Å². The Hall–Kier alpha value is -3.39. The fourth-order valence-corrected chi connectivity index (χ4v) is 4.48. The van der Waals surface area contributed by atoms with Crippen LogP contribution in [0.3, 0.4) is 0 Å². The highest BCUT2D eigenvalue weighted by atomic mass is 16.5. The Bertz CT molecular complexity index is 1020. The zero-order valence-electron chi connectivity index (χ0n) is 19.2. The summed E-state index contributed by atoms with van der Waals surface area (Å²) >= 11 is 0. The lowest BCUT2D eigenvalue weighted by Crippen LogP contribution is -2.49. The second-order valence-electron chi connectivity index (χ2n) is 8.96. The van der Waals surface area contributed by atoms with Gasteiger partial charge in [0.15, 0.2) is 0 Å². The summed E-state index contributed by atoms with van der Waals surface area (Å²) in [6.07, 6.45) is 1.30. The topological polar surface area (TPSA) is 114 Å². The van der Waals surface area contributed by atoms with Gasteiger partial charge in [0.05, 0.1) is 5.41 Å². The number of methoxy groups -OCH3 is 1. The first-order chi connectivity index (χ1) is 16.4. The van der Waals surface area contributed by atoms with Gasteiger partial charge in [-0.15, -0.1) is 0 Å². The summed E-state index contributed by atoms with van der Waals surface area (Å²) < 4.78 is 10.6. The summed E-state index contributed by atoms with van der Waals surface area (Å²) in [4.78, 5) is 36.8. The summed E-state index contributed by atoms with van der Waals surface area (Å²) in [7, 11) is 1.57. The Morgan fingerprint density at radius 3 is 2.24 bits per heavy atom. The average Bonchev–Trinajstić information content (AvgIpc) is 3.58. The third kappa shape index (κ3) is 5.07. The van der Waals surface area contributed by atoms with E-state index in [0.717, 1.165) is 22.3 Å². The molecule has 0 radical (unpaired) electrons. The Balaban J connectivity index is 1.37. The highest BCUT2D eigenvalue weighted by Crippen LogP contribution is 2.45. The fraction of sp³-hybridized carbons (Fsp3) is 0.423. The maximum Gasteiger partial charge on any atom is 0.407 e. The first kappa shape index (κ1) is 23.8. The number of carbonyl (C=O) groups excluding carboxylic acids is 2. The highest BCUT2D eigenvalue weighted by molar-refractivity contribution is 5.87. The zero-order valence-corrected chi connectivity index (χ0v) is 19.2. The number of benzene rings is 2. The van der Waals surface area contributed by atoms with E-state index < -0.39 is 29.4 Å². The molecule has 0 aromatic heterocycles. The quantitative estimate of drug-likeness (QED) is 0.438. The molecular weight excluding hydrogens is 436 g/mol. The van der Waals surface area contributed by atoms with Crippen LogP contribution in [-0.4, -0.2) is 56.0 Å². The Kier molecular flexibility index (Phi) is 7.17. The van der Waals surface area contributed by atoms with Crippen LogP contribution in [-0.2, 0) is 19.1 Å². The molecule has 2 amide bonds. The van der Waals surface area contributed by atoms with Crippen LogP contribution in [0.2, 0.25) is 0 Å². The molecule has 0 heterocycles. The van der Waals surface area contributed by atoms with E-state index in [1.807, 2.05) is 36.4 Å². The van der Waals surface area contributed by atoms with E-state index >= 15 is 0 Å². The molecule has 8 heteroatoms. The van der Waals surface area contributed by atoms with E-state index in [0.29, 0.717) is 32.3 Å². The van der Waals surface area contributed by atoms with Crippen molar-refractivity contribution in [3.63, 3.8) is 0 Å². The number of hydrogen-bond donors (Lipinski definition) is 3. The van der Waals surface area contributed by atoms with Gasteiger partial charge < -0.3 is 25.2 Å². The molecule has 2 aromatic carbocycles. The first-order valence-corrected chi connectivity index (χ1v) is 11.6. The summed E-state index contributed by atoms with van der Waals surface area (Å²) in [5.41, 5.74) is 3.60. The molecule has 180 valence electrons. The summed E-state index contributed by atoms with van der Waals surface area (Å²) in [6.45, 7) is 0.637. The van der Waals surface area contributed by atoms with Gasteiger partial charge in [-0.1, -0.05) is 48.5 Å². The molecule has 2 aliphatic rings. The molecule has 2 aromatic rings. The van der Waals surface area contributed by atoms with E-state index in [2.05, 4.69) is 22.8 Å². The largest absolute Gasteiger partial charge is 0.481 e. The average molecular weight is 467 g/mol. The van der Waals surface area contributed by atoms with E-state index in [9.17, 15) is 19.5 Å². The fourth-order valence-electron chi connectivity index (χ4n) is 4.48. The number of ether oxygens (including phenoxy) is 2. The Morgan fingerprint density at radius 1 is 1.06 bits per heavy atom. The monoisotopic (exact) mass is 466 g/mol. The van der Waals surface area contributed by atoms with Crippen molar-refractivity contribution in [1.29, 1.82) is 0 Å². The molecule has 8 nitrogen and oxygen atoms in total. The van der Waals surface area contributed by atoms with Crippen LogP contribution in [0.4, 0.5) is 4.79 Å². The third-order valence-electron chi connectivity index (χ3n) is 6.70. The standard InChI is InChI=1S/C26H30N2O6/c1-33-14-6-11-22(23(29)27-16-26(12-13-26)24(30)31)28-25(32)34-15-21-19-9-4-2-7-17(19)18-8-3-5-10-20(18)21/h2-5,7-10,21-22H,6,11-16H2,1H3,(H,27,29)(H,28,32)(H,30,31). The molecule has 1 fully saturated rings. The minimum Gasteiger partial charge on any atom is -0.481 e. The van der Waals surface area contributed by atoms with Gasteiger partial charge in [-0.2, -0.15) is 0 Å². The predicted molar refractivity (Wildman–Crippen MR) is 125 cm³/mol. The summed E-state index contributed by atoms with van der Waals surface area (Å²) in [5.74, 6) is -1.41. The van der Waals surface area contributed by atoms with Crippen LogP contribution >= 0.6 is 0 Å². The molecule has 0 bridgehead atoms. The van der Waals surface area contributed by atoms with E-state index in [1.54, 1.807) is 7.11 Å². The highest BCUT2D eigenvalue weighted by Gasteiger charge is 2.50. The number of carboxylic acids is 1. The number of hydrogen-bond acceptors (Lipinski definition) is 5. The van der Waals surface area contributed by atoms with Crippen molar-refractivity contribution in [2.75, 3.05) is 26.9 Å². The van der Waals surface area contributed by atoms with E-state index in [4.69, 9.17) is 9.47 Å². The smallest absolute Gasteiger partial charge is 0.407 e. The number of alkyl carbamates (subject to hydrolysis) is 1. The van der Waals surface area contributed by atoms with Gasteiger partial charge in [-0.3, -0.25) is 9.59 Å². The van der Waals surface area contributed by atoms with E-state index in [1.165, 1.54) is 0 Å². The number of carboxylic acid groups (broad SMARTS) is 1. The number of carbonyl (C=O) groups is 3. The van der Waals surface area contributed by atoms with Crippen LogP contribution in [0.5, 0.6) is 0 Å². The number of rotatable bonds is 11. The number of nitrogens with one attached hydrogen (secondary N) is 2. The lowest BCUT2D eigenvalue weighted by atomic mass is 9.98. The van der Waals surface area contributed by atoms with Crippen molar-refractivity contribution in [2.24, 2.45) is 5.41 Å². The van der Waals surface area contributed by atoms with Crippen molar-refractivity contribution < 1.29 is 29.0 Å². The van der Waals surface area contributed by atoms with Gasteiger partial charge in [0, 0.05) is 26.2 Å². The maximum absolute atomic E-state index is 12.7. The maximum atomic E-state index is 12.7. The lowest BCUT2D eigenvalue weighted by Gasteiger charge is -2.20. The number of amides is 2. The second-order valence-corrected chi connectivity index (χ2v) is 8.96. The van der Waals surface area contributed by atoms with Crippen LogP contribution in [0.15, 0.2) is 48.5 Å². The second kappa shape index (κ2) is 10.3. The van der Waals surface area contributed by atoms with Crippen molar-refractivity contribution in [1.82, 2.24) is 10.6 Å². The predicted octanol–water partition coefficient (Wildman–Crippen LogP) is 3.30. The zero-order chi connectivity index (χ0) is 24.1. The molecule has 0 aliphatic heterocycles. The molecule has 4 rings (SSSR count). The molecule has 1 saturated carbocycles. The molecule has 3 N–H and O–H groups in total. The minimum absolute atomic E-state index is 0.0499. The van der Waals surface area contributed by atoms with Gasteiger partial charge in [-0.05, 0) is 47.9 Å². The minimum atomic E-state index is -0.909. The SMILES string of the molecule is COCCCC(NC(=O)OCC1c2ccccc2-c2ccccc21)C(=O)NCC1(C(=O)O)CC1. The Labute approximate surface area is 198 Å². The summed E-state index contributed by atoms with van der Waals surface area (Å²) in [5, 5.41) is 14.7.